The van der Waals surface area contributed by atoms with Gasteiger partial charge in [-0.3, -0.25) is 0 Å². The first-order chi connectivity index (χ1) is 7.59. The lowest BCUT2D eigenvalue weighted by molar-refractivity contribution is 0.0691. The average molecular weight is 238 g/mol. The number of rotatable bonds is 2. The number of hydrogen-bond donors (Lipinski definition) is 3. The number of carbonyl (C=O) groups is 1. The molecule has 0 spiro atoms. The number of aromatic carboxylic acids is 1. The van der Waals surface area contributed by atoms with Crippen LogP contribution in [0.4, 0.5) is 0 Å². The summed E-state index contributed by atoms with van der Waals surface area (Å²) >= 11 is 0.911. The zero-order valence-electron chi connectivity index (χ0n) is 7.78. The molecule has 0 atom stereocenters. The number of carboxylic acid groups (broad SMARTS) is 1. The summed E-state index contributed by atoms with van der Waals surface area (Å²) in [4.78, 5) is 11.1. The first-order valence-corrected chi connectivity index (χ1v) is 4.95. The Morgan fingerprint density at radius 3 is 2.62 bits per heavy atom. The highest BCUT2D eigenvalue weighted by molar-refractivity contribution is 7.09. The van der Waals surface area contributed by atoms with Crippen LogP contribution in [0.1, 0.15) is 10.5 Å². The van der Waals surface area contributed by atoms with Crippen LogP contribution in [0.3, 0.4) is 0 Å². The summed E-state index contributed by atoms with van der Waals surface area (Å²) in [5, 5.41) is 30.7. The van der Waals surface area contributed by atoms with E-state index in [1.807, 2.05) is 0 Å². The van der Waals surface area contributed by atoms with E-state index >= 15 is 0 Å². The molecule has 7 heteroatoms. The third kappa shape index (κ3) is 1.68. The van der Waals surface area contributed by atoms with Crippen molar-refractivity contribution in [2.75, 3.05) is 0 Å². The van der Waals surface area contributed by atoms with Gasteiger partial charge in [-0.2, -0.15) is 0 Å². The Morgan fingerprint density at radius 2 is 2.00 bits per heavy atom. The van der Waals surface area contributed by atoms with E-state index < -0.39 is 5.97 Å². The van der Waals surface area contributed by atoms with Crippen molar-refractivity contribution < 1.29 is 20.1 Å². The average Bonchev–Trinajstić information content (AvgIpc) is 2.71. The molecular weight excluding hydrogens is 232 g/mol. The number of carboxylic acids is 1. The molecule has 0 saturated carbocycles. The zero-order valence-corrected chi connectivity index (χ0v) is 8.60. The lowest BCUT2D eigenvalue weighted by atomic mass is 10.1. The maximum atomic E-state index is 10.8. The van der Waals surface area contributed by atoms with Crippen LogP contribution in [0, 0.1) is 0 Å². The number of benzene rings is 1. The van der Waals surface area contributed by atoms with Gasteiger partial charge in [0.15, 0.2) is 17.2 Å². The van der Waals surface area contributed by atoms with E-state index in [1.165, 1.54) is 18.2 Å². The fourth-order valence-corrected chi connectivity index (χ4v) is 1.84. The third-order valence-corrected chi connectivity index (χ3v) is 2.70. The molecule has 0 fully saturated rings. The van der Waals surface area contributed by atoms with Crippen molar-refractivity contribution in [3.8, 4) is 21.9 Å². The van der Waals surface area contributed by atoms with Gasteiger partial charge < -0.3 is 15.3 Å². The largest absolute Gasteiger partial charge is 0.504 e. The molecule has 3 N–H and O–H groups in total. The molecule has 1 aromatic heterocycles. The van der Waals surface area contributed by atoms with Gasteiger partial charge in [-0.05, 0) is 35.3 Å². The summed E-state index contributed by atoms with van der Waals surface area (Å²) in [6, 6.07) is 4.02. The summed E-state index contributed by atoms with van der Waals surface area (Å²) in [5.74, 6) is -1.77. The lowest BCUT2D eigenvalue weighted by Crippen LogP contribution is -1.98. The lowest BCUT2D eigenvalue weighted by Gasteiger charge is -2.00. The summed E-state index contributed by atoms with van der Waals surface area (Å²) in [6.45, 7) is 0. The van der Waals surface area contributed by atoms with Crippen LogP contribution in [0.5, 0.6) is 11.5 Å². The zero-order chi connectivity index (χ0) is 11.7. The van der Waals surface area contributed by atoms with Crippen molar-refractivity contribution in [2.45, 2.75) is 0 Å². The van der Waals surface area contributed by atoms with Crippen LogP contribution in [0.25, 0.3) is 10.4 Å². The van der Waals surface area contributed by atoms with Gasteiger partial charge in [-0.25, -0.2) is 4.79 Å². The summed E-state index contributed by atoms with van der Waals surface area (Å²) in [6.07, 6.45) is 0. The molecule has 6 nitrogen and oxygen atoms in total. The molecule has 0 aliphatic heterocycles. The number of phenols is 2. The van der Waals surface area contributed by atoms with Crippen molar-refractivity contribution in [1.82, 2.24) is 9.59 Å². The number of phenolic OH excluding ortho intramolecular Hbond substituents is 2. The quantitative estimate of drug-likeness (QED) is 0.681. The van der Waals surface area contributed by atoms with Gasteiger partial charge in [0, 0.05) is 0 Å². The highest BCUT2D eigenvalue weighted by Crippen LogP contribution is 2.33. The minimum absolute atomic E-state index is 0.171. The van der Waals surface area contributed by atoms with Gasteiger partial charge >= 0.3 is 5.97 Å². The number of aromatic hydroxyl groups is 2. The van der Waals surface area contributed by atoms with Gasteiger partial charge in [-0.15, -0.1) is 5.10 Å². The first kappa shape index (κ1) is 10.4. The molecule has 2 aromatic rings. The van der Waals surface area contributed by atoms with E-state index in [0.29, 0.717) is 10.4 Å². The highest BCUT2D eigenvalue weighted by atomic mass is 32.1. The Bertz CT molecular complexity index is 552. The second kappa shape index (κ2) is 3.78. The van der Waals surface area contributed by atoms with E-state index in [0.717, 1.165) is 11.5 Å². The minimum Gasteiger partial charge on any atom is -0.504 e. The third-order valence-electron chi connectivity index (χ3n) is 1.93. The summed E-state index contributed by atoms with van der Waals surface area (Å²) < 4.78 is 3.54. The molecule has 0 unspecified atom stereocenters. The van der Waals surface area contributed by atoms with Crippen LogP contribution in [-0.2, 0) is 0 Å². The first-order valence-electron chi connectivity index (χ1n) is 4.17. The second-order valence-electron chi connectivity index (χ2n) is 2.96. The molecule has 1 heterocycles. The molecule has 2 rings (SSSR count). The minimum atomic E-state index is -1.18. The fourth-order valence-electron chi connectivity index (χ4n) is 1.18. The van der Waals surface area contributed by atoms with Crippen LogP contribution >= 0.6 is 11.5 Å². The summed E-state index contributed by atoms with van der Waals surface area (Å²) in [5.41, 5.74) is 0.276. The Balaban J connectivity index is 2.54. The molecule has 0 amide bonds. The normalized spacial score (nSPS) is 10.2. The molecule has 0 aliphatic carbocycles. The molecule has 0 aliphatic rings. The van der Waals surface area contributed by atoms with E-state index in [4.69, 9.17) is 10.2 Å². The Kier molecular flexibility index (Phi) is 2.45. The molecule has 0 bridgehead atoms. The molecule has 82 valence electrons. The number of hydrogen-bond acceptors (Lipinski definition) is 6. The van der Waals surface area contributed by atoms with Gasteiger partial charge in [0.25, 0.3) is 0 Å². The fraction of sp³-hybridized carbons (Fsp3) is 0. The van der Waals surface area contributed by atoms with Crippen molar-refractivity contribution in [3.63, 3.8) is 0 Å². The predicted molar refractivity (Wildman–Crippen MR) is 55.6 cm³/mol. The van der Waals surface area contributed by atoms with Gasteiger partial charge in [0.2, 0.25) is 0 Å². The van der Waals surface area contributed by atoms with Crippen LogP contribution in [0.15, 0.2) is 18.2 Å². The molecule has 0 radical (unpaired) electrons. The van der Waals surface area contributed by atoms with Crippen LogP contribution in [-0.4, -0.2) is 30.9 Å². The molecule has 16 heavy (non-hydrogen) atoms. The summed E-state index contributed by atoms with van der Waals surface area (Å²) in [7, 11) is 0. The van der Waals surface area contributed by atoms with Gasteiger partial charge in [-0.1, -0.05) is 4.49 Å². The monoisotopic (exact) mass is 238 g/mol. The molecule has 1 aromatic carbocycles. The maximum absolute atomic E-state index is 10.8. The Morgan fingerprint density at radius 1 is 1.25 bits per heavy atom. The smallest absolute Gasteiger partial charge is 0.358 e. The van der Waals surface area contributed by atoms with E-state index in [9.17, 15) is 9.90 Å². The maximum Gasteiger partial charge on any atom is 0.358 e. The van der Waals surface area contributed by atoms with Crippen molar-refractivity contribution in [3.05, 3.63) is 23.9 Å². The number of nitrogens with zero attached hydrogens (tertiary/aromatic N) is 2. The topological polar surface area (TPSA) is 104 Å². The van der Waals surface area contributed by atoms with Crippen molar-refractivity contribution >= 4 is 17.5 Å². The van der Waals surface area contributed by atoms with Crippen molar-refractivity contribution in [1.29, 1.82) is 0 Å². The van der Waals surface area contributed by atoms with Crippen LogP contribution in [0.2, 0.25) is 0 Å². The second-order valence-corrected chi connectivity index (χ2v) is 3.71. The van der Waals surface area contributed by atoms with E-state index in [1.54, 1.807) is 0 Å². The van der Waals surface area contributed by atoms with E-state index in [2.05, 4.69) is 9.59 Å². The Labute approximate surface area is 93.6 Å². The Hall–Kier alpha value is -2.15. The predicted octanol–water partition coefficient (Wildman–Crippen LogP) is 1.31. The molecule has 0 saturated heterocycles. The highest BCUT2D eigenvalue weighted by Gasteiger charge is 2.17. The van der Waals surface area contributed by atoms with Crippen molar-refractivity contribution in [2.24, 2.45) is 0 Å². The number of aromatic nitrogens is 2. The van der Waals surface area contributed by atoms with Crippen LogP contribution < -0.4 is 0 Å². The van der Waals surface area contributed by atoms with Gasteiger partial charge in [0.1, 0.15) is 0 Å². The van der Waals surface area contributed by atoms with E-state index in [-0.39, 0.29) is 17.2 Å². The SMILES string of the molecule is O=C(O)c1nnsc1-c1ccc(O)c(O)c1. The molecular formula is C9H6N2O4S. The van der Waals surface area contributed by atoms with Gasteiger partial charge in [0.05, 0.1) is 4.88 Å². The standard InChI is InChI=1S/C9H6N2O4S/c12-5-2-1-4(3-6(5)13)8-7(9(14)15)10-11-16-8/h1-3,12-13H,(H,14,15).